The van der Waals surface area contributed by atoms with Crippen LogP contribution >= 0.6 is 0 Å². The second kappa shape index (κ2) is 11.6. The van der Waals surface area contributed by atoms with E-state index in [0.717, 1.165) is 86.2 Å². The van der Waals surface area contributed by atoms with Crippen LogP contribution < -0.4 is 0 Å². The van der Waals surface area contributed by atoms with Crippen LogP contribution in [0.25, 0.3) is 0 Å². The highest BCUT2D eigenvalue weighted by molar-refractivity contribution is 5.80. The van der Waals surface area contributed by atoms with Crippen molar-refractivity contribution in [3.8, 4) is 0 Å². The fourth-order valence-electron chi connectivity index (χ4n) is 2.61. The Balaban J connectivity index is 5.87. The number of aldehydes is 2. The molecule has 0 aromatic carbocycles. The molecule has 2 heteroatoms. The standard InChI is InChI=1S/C18H30O2/c1-5-9-15(13-19)17(11-7-3)18(12-8-4)16(14-20)10-6-2/h13-14H,5-12H2,1-4H3/b17-15-,18-16-. The molecule has 0 heterocycles. The summed E-state index contributed by atoms with van der Waals surface area (Å²) >= 11 is 0. The molecule has 2 nitrogen and oxygen atoms in total. The van der Waals surface area contributed by atoms with E-state index in [1.165, 1.54) is 0 Å². The van der Waals surface area contributed by atoms with Gasteiger partial charge in [-0.3, -0.25) is 9.59 Å². The molecule has 0 spiro atoms. The van der Waals surface area contributed by atoms with Gasteiger partial charge < -0.3 is 0 Å². The average Bonchev–Trinajstić information content (AvgIpc) is 2.46. The fraction of sp³-hybridized carbons (Fsp3) is 0.667. The highest BCUT2D eigenvalue weighted by Gasteiger charge is 2.14. The molecule has 0 unspecified atom stereocenters. The molecular formula is C18H30O2. The molecule has 20 heavy (non-hydrogen) atoms. The second-order valence-corrected chi connectivity index (χ2v) is 5.24. The fourth-order valence-corrected chi connectivity index (χ4v) is 2.61. The molecular weight excluding hydrogens is 248 g/mol. The first-order valence-electron chi connectivity index (χ1n) is 8.04. The summed E-state index contributed by atoms with van der Waals surface area (Å²) in [4.78, 5) is 22.8. The summed E-state index contributed by atoms with van der Waals surface area (Å²) in [7, 11) is 0. The molecule has 0 fully saturated rings. The third kappa shape index (κ3) is 5.85. The zero-order valence-corrected chi connectivity index (χ0v) is 13.6. The Hall–Kier alpha value is -1.18. The van der Waals surface area contributed by atoms with Crippen molar-refractivity contribution in [2.45, 2.75) is 79.1 Å². The zero-order chi connectivity index (χ0) is 15.4. The summed E-state index contributed by atoms with van der Waals surface area (Å²) in [5, 5.41) is 0. The molecule has 0 saturated carbocycles. The Morgan fingerprint density at radius 1 is 0.600 bits per heavy atom. The Morgan fingerprint density at radius 2 is 0.900 bits per heavy atom. The third-order valence-electron chi connectivity index (χ3n) is 3.46. The van der Waals surface area contributed by atoms with Gasteiger partial charge in [0, 0.05) is 0 Å². The van der Waals surface area contributed by atoms with Crippen molar-refractivity contribution in [3.63, 3.8) is 0 Å². The minimum Gasteiger partial charge on any atom is -0.298 e. The van der Waals surface area contributed by atoms with Crippen LogP contribution in [0.4, 0.5) is 0 Å². The van der Waals surface area contributed by atoms with E-state index in [1.54, 1.807) is 0 Å². The molecule has 0 N–H and O–H groups in total. The molecule has 0 aromatic heterocycles. The van der Waals surface area contributed by atoms with Crippen molar-refractivity contribution < 1.29 is 9.59 Å². The van der Waals surface area contributed by atoms with Crippen molar-refractivity contribution in [1.29, 1.82) is 0 Å². The maximum absolute atomic E-state index is 11.4. The maximum Gasteiger partial charge on any atom is 0.146 e. The van der Waals surface area contributed by atoms with Gasteiger partial charge in [0.15, 0.2) is 0 Å². The Kier molecular flexibility index (Phi) is 10.9. The van der Waals surface area contributed by atoms with Crippen LogP contribution in [-0.2, 0) is 9.59 Å². The van der Waals surface area contributed by atoms with Gasteiger partial charge in [-0.25, -0.2) is 0 Å². The summed E-state index contributed by atoms with van der Waals surface area (Å²) in [6.07, 6.45) is 9.33. The predicted molar refractivity (Wildman–Crippen MR) is 85.8 cm³/mol. The molecule has 0 rings (SSSR count). The highest BCUT2D eigenvalue weighted by atomic mass is 16.1. The number of carbonyl (C=O) groups excluding carboxylic acids is 2. The van der Waals surface area contributed by atoms with Gasteiger partial charge in [-0.2, -0.15) is 0 Å². The van der Waals surface area contributed by atoms with E-state index in [1.807, 2.05) is 0 Å². The minimum atomic E-state index is 0.810. The number of allylic oxidation sites excluding steroid dienone is 4. The Morgan fingerprint density at radius 3 is 1.10 bits per heavy atom. The molecule has 0 atom stereocenters. The van der Waals surface area contributed by atoms with Crippen molar-refractivity contribution in [2.75, 3.05) is 0 Å². The number of carbonyl (C=O) groups is 2. The predicted octanol–water partition coefficient (Wildman–Crippen LogP) is 5.18. The van der Waals surface area contributed by atoms with E-state index in [2.05, 4.69) is 27.7 Å². The number of hydrogen-bond acceptors (Lipinski definition) is 2. The highest BCUT2D eigenvalue weighted by Crippen LogP contribution is 2.29. The van der Waals surface area contributed by atoms with Crippen LogP contribution in [-0.4, -0.2) is 12.6 Å². The molecule has 0 saturated heterocycles. The minimum absolute atomic E-state index is 0.810. The molecule has 0 aromatic rings. The van der Waals surface area contributed by atoms with Gasteiger partial charge in [0.25, 0.3) is 0 Å². The lowest BCUT2D eigenvalue weighted by atomic mass is 9.87. The van der Waals surface area contributed by atoms with E-state index in [4.69, 9.17) is 0 Å². The normalized spacial score (nSPS) is 13.6. The smallest absolute Gasteiger partial charge is 0.146 e. The molecule has 0 aliphatic carbocycles. The Bertz CT molecular complexity index is 326. The van der Waals surface area contributed by atoms with E-state index >= 15 is 0 Å². The van der Waals surface area contributed by atoms with Crippen molar-refractivity contribution in [2.24, 2.45) is 0 Å². The van der Waals surface area contributed by atoms with Gasteiger partial charge in [0.2, 0.25) is 0 Å². The largest absolute Gasteiger partial charge is 0.298 e. The first kappa shape index (κ1) is 18.8. The SMILES string of the molecule is CCC/C(C=O)=C(CCC)/C(CCC)=C(\C=O)CCC. The molecule has 0 aliphatic rings. The van der Waals surface area contributed by atoms with Gasteiger partial charge in [-0.1, -0.05) is 53.4 Å². The summed E-state index contributed by atoms with van der Waals surface area (Å²) in [5.74, 6) is 0. The maximum atomic E-state index is 11.4. The van der Waals surface area contributed by atoms with Crippen molar-refractivity contribution in [3.05, 3.63) is 22.3 Å². The zero-order valence-electron chi connectivity index (χ0n) is 13.6. The summed E-state index contributed by atoms with van der Waals surface area (Å²) in [6, 6.07) is 0. The van der Waals surface area contributed by atoms with Crippen LogP contribution in [0.5, 0.6) is 0 Å². The molecule has 0 bridgehead atoms. The topological polar surface area (TPSA) is 34.1 Å². The summed E-state index contributed by atoms with van der Waals surface area (Å²) in [5.41, 5.74) is 4.07. The average molecular weight is 278 g/mol. The lowest BCUT2D eigenvalue weighted by Gasteiger charge is -2.17. The van der Waals surface area contributed by atoms with Crippen LogP contribution in [0, 0.1) is 0 Å². The van der Waals surface area contributed by atoms with Gasteiger partial charge in [-0.15, -0.1) is 0 Å². The first-order chi connectivity index (χ1) is 9.69. The van der Waals surface area contributed by atoms with Gasteiger partial charge >= 0.3 is 0 Å². The summed E-state index contributed by atoms with van der Waals surface area (Å²) < 4.78 is 0. The number of rotatable bonds is 11. The van der Waals surface area contributed by atoms with Crippen LogP contribution in [0.2, 0.25) is 0 Å². The molecule has 114 valence electrons. The van der Waals surface area contributed by atoms with Crippen molar-refractivity contribution >= 4 is 12.6 Å². The van der Waals surface area contributed by atoms with Crippen LogP contribution in [0.3, 0.4) is 0 Å². The van der Waals surface area contributed by atoms with Gasteiger partial charge in [-0.05, 0) is 48.0 Å². The third-order valence-corrected chi connectivity index (χ3v) is 3.46. The lowest BCUT2D eigenvalue weighted by molar-refractivity contribution is -0.106. The molecule has 0 aliphatic heterocycles. The van der Waals surface area contributed by atoms with E-state index in [0.29, 0.717) is 0 Å². The van der Waals surface area contributed by atoms with Gasteiger partial charge in [0.1, 0.15) is 12.6 Å². The van der Waals surface area contributed by atoms with E-state index in [-0.39, 0.29) is 0 Å². The number of hydrogen-bond donors (Lipinski definition) is 0. The first-order valence-corrected chi connectivity index (χ1v) is 8.04. The molecule has 0 radical (unpaired) electrons. The van der Waals surface area contributed by atoms with Crippen LogP contribution in [0.15, 0.2) is 22.3 Å². The Labute approximate surface area is 124 Å². The second-order valence-electron chi connectivity index (χ2n) is 5.24. The van der Waals surface area contributed by atoms with E-state index in [9.17, 15) is 9.59 Å². The van der Waals surface area contributed by atoms with Crippen molar-refractivity contribution in [1.82, 2.24) is 0 Å². The lowest BCUT2D eigenvalue weighted by Crippen LogP contribution is -2.03. The van der Waals surface area contributed by atoms with E-state index < -0.39 is 0 Å². The quantitative estimate of drug-likeness (QED) is 0.296. The molecule has 0 amide bonds. The van der Waals surface area contributed by atoms with Gasteiger partial charge in [0.05, 0.1) is 0 Å². The summed E-state index contributed by atoms with van der Waals surface area (Å²) in [6.45, 7) is 8.42. The monoisotopic (exact) mass is 278 g/mol. The van der Waals surface area contributed by atoms with Crippen LogP contribution in [0.1, 0.15) is 79.1 Å².